The van der Waals surface area contributed by atoms with Crippen LogP contribution in [0, 0.1) is 11.8 Å². The van der Waals surface area contributed by atoms with E-state index in [1.807, 2.05) is 6.20 Å². The van der Waals surface area contributed by atoms with Crippen LogP contribution in [0.25, 0.3) is 10.9 Å². The molecular formula is C41H51N2O+. The predicted octanol–water partition coefficient (Wildman–Crippen LogP) is 9.70. The molecule has 3 aliphatic rings. The number of hydrogen-bond acceptors (Lipinski definition) is 2. The van der Waals surface area contributed by atoms with E-state index in [0.29, 0.717) is 24.5 Å². The van der Waals surface area contributed by atoms with Gasteiger partial charge in [0.15, 0.2) is 0 Å². The number of pyridine rings is 1. The zero-order valence-electron chi connectivity index (χ0n) is 27.7. The van der Waals surface area contributed by atoms with Gasteiger partial charge in [-0.25, -0.2) is 0 Å². The number of para-hydroxylation sites is 1. The van der Waals surface area contributed by atoms with Crippen LogP contribution in [0.2, 0.25) is 0 Å². The Labute approximate surface area is 265 Å². The van der Waals surface area contributed by atoms with Crippen molar-refractivity contribution < 1.29 is 9.22 Å². The van der Waals surface area contributed by atoms with Gasteiger partial charge in [-0.3, -0.25) is 4.98 Å². The highest BCUT2D eigenvalue weighted by molar-refractivity contribution is 5.82. The average molecular weight is 588 g/mol. The smallest absolute Gasteiger partial charge is 0.135 e. The molecule has 5 atom stereocenters. The highest BCUT2D eigenvalue weighted by Gasteiger charge is 2.54. The van der Waals surface area contributed by atoms with Crippen molar-refractivity contribution in [2.24, 2.45) is 11.8 Å². The largest absolute Gasteiger partial charge is 0.363 e. The Morgan fingerprint density at radius 1 is 0.886 bits per heavy atom. The van der Waals surface area contributed by atoms with E-state index in [-0.39, 0.29) is 16.9 Å². The van der Waals surface area contributed by atoms with Crippen molar-refractivity contribution in [3.05, 3.63) is 126 Å². The summed E-state index contributed by atoms with van der Waals surface area (Å²) in [5.74, 6) is 1.19. The molecule has 3 heteroatoms. The minimum Gasteiger partial charge on any atom is -0.363 e. The Balaban J connectivity index is 1.47. The molecule has 0 amide bonds. The minimum absolute atomic E-state index is 0.0374. The molecule has 230 valence electrons. The van der Waals surface area contributed by atoms with Gasteiger partial charge in [-0.15, -0.1) is 6.58 Å². The van der Waals surface area contributed by atoms with Gasteiger partial charge in [-0.05, 0) is 63.3 Å². The first-order valence-corrected chi connectivity index (χ1v) is 16.6. The molecule has 0 N–H and O–H groups in total. The predicted molar refractivity (Wildman–Crippen MR) is 183 cm³/mol. The average Bonchev–Trinajstić information content (AvgIpc) is 3.01. The third-order valence-corrected chi connectivity index (χ3v) is 10.5. The number of nitrogens with zero attached hydrogens (tertiary/aromatic N) is 2. The maximum absolute atomic E-state index is 7.13. The summed E-state index contributed by atoms with van der Waals surface area (Å²) in [5.41, 5.74) is 8.02. The third kappa shape index (κ3) is 6.14. The van der Waals surface area contributed by atoms with Gasteiger partial charge in [0, 0.05) is 35.9 Å². The van der Waals surface area contributed by atoms with E-state index < -0.39 is 0 Å². The SMILES string of the molecule is C=C[C@H]1C[N@+]2(Cc3cc(C(C)(C)C)cc(C(C)(C)C)c3)CC[C@H]1C[C@H]2[C@H](OCc1ccccc1)c1ccnc2ccccc12. The first-order chi connectivity index (χ1) is 21.0. The van der Waals surface area contributed by atoms with E-state index in [2.05, 4.69) is 133 Å². The topological polar surface area (TPSA) is 22.1 Å². The van der Waals surface area contributed by atoms with Crippen LogP contribution in [0.15, 0.2) is 97.7 Å². The molecule has 0 saturated carbocycles. The van der Waals surface area contributed by atoms with Gasteiger partial charge >= 0.3 is 0 Å². The lowest BCUT2D eigenvalue weighted by molar-refractivity contribution is -0.985. The summed E-state index contributed by atoms with van der Waals surface area (Å²) in [6, 6.07) is 29.3. The maximum Gasteiger partial charge on any atom is 0.135 e. The number of piperidine rings is 3. The zero-order chi connectivity index (χ0) is 31.1. The van der Waals surface area contributed by atoms with Gasteiger partial charge < -0.3 is 9.22 Å². The first kappa shape index (κ1) is 30.7. The van der Waals surface area contributed by atoms with E-state index in [1.54, 1.807) is 0 Å². The molecule has 3 nitrogen and oxygen atoms in total. The molecule has 3 saturated heterocycles. The van der Waals surface area contributed by atoms with Crippen LogP contribution < -0.4 is 0 Å². The summed E-state index contributed by atoms with van der Waals surface area (Å²) in [5, 5.41) is 1.21. The number of fused-ring (bicyclic) bond motifs is 4. The second kappa shape index (κ2) is 11.9. The molecule has 2 bridgehead atoms. The molecule has 44 heavy (non-hydrogen) atoms. The van der Waals surface area contributed by atoms with Crippen LogP contribution in [0.5, 0.6) is 0 Å². The number of benzene rings is 3. The monoisotopic (exact) mass is 587 g/mol. The van der Waals surface area contributed by atoms with Crippen molar-refractivity contribution in [3.8, 4) is 0 Å². The molecule has 0 radical (unpaired) electrons. The summed E-state index contributed by atoms with van der Waals surface area (Å²) in [4.78, 5) is 4.74. The van der Waals surface area contributed by atoms with Gasteiger partial charge in [0.2, 0.25) is 0 Å². The van der Waals surface area contributed by atoms with Crippen molar-refractivity contribution in [2.75, 3.05) is 13.1 Å². The molecule has 4 aromatic rings. The van der Waals surface area contributed by atoms with E-state index in [0.717, 1.165) is 29.5 Å². The minimum atomic E-state index is -0.0374. The molecule has 3 aliphatic heterocycles. The fourth-order valence-electron chi connectivity index (χ4n) is 7.91. The highest BCUT2D eigenvalue weighted by atomic mass is 16.5. The number of hydrogen-bond donors (Lipinski definition) is 0. The molecule has 0 unspecified atom stereocenters. The molecule has 4 heterocycles. The van der Waals surface area contributed by atoms with E-state index in [4.69, 9.17) is 9.72 Å². The Morgan fingerprint density at radius 2 is 1.57 bits per heavy atom. The lowest BCUT2D eigenvalue weighted by atomic mass is 9.70. The number of rotatable bonds is 8. The molecule has 0 aliphatic carbocycles. The summed E-state index contributed by atoms with van der Waals surface area (Å²) in [6.07, 6.45) is 6.59. The molecule has 0 spiro atoms. The zero-order valence-corrected chi connectivity index (χ0v) is 27.7. The van der Waals surface area contributed by atoms with Crippen LogP contribution in [0.4, 0.5) is 0 Å². The van der Waals surface area contributed by atoms with Crippen LogP contribution in [-0.4, -0.2) is 28.6 Å². The lowest BCUT2D eigenvalue weighted by Crippen LogP contribution is -2.67. The quantitative estimate of drug-likeness (QED) is 0.151. The van der Waals surface area contributed by atoms with E-state index in [1.165, 1.54) is 46.2 Å². The highest BCUT2D eigenvalue weighted by Crippen LogP contribution is 2.49. The van der Waals surface area contributed by atoms with Crippen molar-refractivity contribution in [1.29, 1.82) is 0 Å². The molecule has 3 fully saturated rings. The Bertz CT molecular complexity index is 1570. The number of quaternary nitrogens is 1. The second-order valence-corrected chi connectivity index (χ2v) is 15.6. The second-order valence-electron chi connectivity index (χ2n) is 15.6. The van der Waals surface area contributed by atoms with Crippen LogP contribution in [0.1, 0.15) is 88.3 Å². The Morgan fingerprint density at radius 3 is 2.25 bits per heavy atom. The van der Waals surface area contributed by atoms with Gasteiger partial charge in [0.25, 0.3) is 0 Å². The summed E-state index contributed by atoms with van der Waals surface area (Å²) in [7, 11) is 0. The van der Waals surface area contributed by atoms with Gasteiger partial charge in [0.1, 0.15) is 18.7 Å². The first-order valence-electron chi connectivity index (χ1n) is 16.6. The van der Waals surface area contributed by atoms with Crippen LogP contribution in [-0.2, 0) is 28.7 Å². The summed E-state index contributed by atoms with van der Waals surface area (Å²) >= 11 is 0. The fraction of sp³-hybridized carbons (Fsp3) is 0.439. The maximum atomic E-state index is 7.13. The molecule has 1 aromatic heterocycles. The van der Waals surface area contributed by atoms with Crippen molar-refractivity contribution in [3.63, 3.8) is 0 Å². The van der Waals surface area contributed by atoms with Crippen molar-refractivity contribution in [2.45, 2.75) is 90.5 Å². The summed E-state index contributed by atoms with van der Waals surface area (Å²) in [6.45, 7) is 22.3. The third-order valence-electron chi connectivity index (χ3n) is 10.5. The molecule has 3 aromatic carbocycles. The van der Waals surface area contributed by atoms with Crippen LogP contribution in [0.3, 0.4) is 0 Å². The standard InChI is InChI=1S/C41H51N2O/c1-8-31-27-43(26-30-22-33(40(2,3)4)25-34(23-30)41(5,6)7)21-19-32(31)24-38(43)39(44-28-29-14-10-9-11-15-29)36-18-20-42-37-17-13-12-16-35(36)37/h8-18,20,22-23,25,31-32,38-39H,1,19,21,24,26-28H2,2-7H3/q+1/t31-,32-,38-,39+,43+/m0/s1. The lowest BCUT2D eigenvalue weighted by Gasteiger charge is -2.58. The van der Waals surface area contributed by atoms with Gasteiger partial charge in [-0.1, -0.05) is 102 Å². The van der Waals surface area contributed by atoms with E-state index in [9.17, 15) is 0 Å². The molecule has 7 rings (SSSR count). The van der Waals surface area contributed by atoms with Crippen LogP contribution >= 0.6 is 0 Å². The normalized spacial score (nSPS) is 24.4. The van der Waals surface area contributed by atoms with Crippen molar-refractivity contribution in [1.82, 2.24) is 4.98 Å². The fourth-order valence-corrected chi connectivity index (χ4v) is 7.91. The number of aromatic nitrogens is 1. The Kier molecular flexibility index (Phi) is 8.32. The summed E-state index contributed by atoms with van der Waals surface area (Å²) < 4.78 is 8.17. The van der Waals surface area contributed by atoms with E-state index >= 15 is 0 Å². The number of ether oxygens (including phenoxy) is 1. The van der Waals surface area contributed by atoms with Gasteiger partial charge in [-0.2, -0.15) is 0 Å². The van der Waals surface area contributed by atoms with Crippen molar-refractivity contribution >= 4 is 10.9 Å². The molecular weight excluding hydrogens is 536 g/mol. The van der Waals surface area contributed by atoms with Gasteiger partial charge in [0.05, 0.1) is 25.2 Å². The Hall–Kier alpha value is -3.27.